The number of para-hydroxylation sites is 1. The number of benzene rings is 7. The van der Waals surface area contributed by atoms with Gasteiger partial charge in [-0.15, -0.1) is 21.5 Å². The summed E-state index contributed by atoms with van der Waals surface area (Å²) < 4.78 is 0.974. The van der Waals surface area contributed by atoms with E-state index in [4.69, 9.17) is 19.9 Å². The van der Waals surface area contributed by atoms with Crippen LogP contribution in [0.15, 0.2) is 188 Å². The highest BCUT2D eigenvalue weighted by atomic mass is 32.1. The highest BCUT2D eigenvalue weighted by Crippen LogP contribution is 2.39. The lowest BCUT2D eigenvalue weighted by Crippen LogP contribution is -2.00. The first-order chi connectivity index (χ1) is 29.2. The maximum atomic E-state index is 5.05. The van der Waals surface area contributed by atoms with Gasteiger partial charge in [0.2, 0.25) is 0 Å². The van der Waals surface area contributed by atoms with Crippen LogP contribution in [0.25, 0.3) is 110 Å². The lowest BCUT2D eigenvalue weighted by molar-refractivity contribution is 0.904. The molecule has 0 amide bonds. The Hall–Kier alpha value is -7.81. The summed E-state index contributed by atoms with van der Waals surface area (Å²) in [5.74, 6) is 1.86. The maximum absolute atomic E-state index is 5.05. The molecule has 0 aliphatic rings. The molecule has 0 bridgehead atoms. The number of rotatable bonds is 7. The first kappa shape index (κ1) is 34.4. The van der Waals surface area contributed by atoms with Crippen LogP contribution in [-0.4, -0.2) is 35.3 Å². The molecule has 7 aromatic carbocycles. The first-order valence-corrected chi connectivity index (χ1v) is 20.1. The Bertz CT molecular complexity index is 3330. The Morgan fingerprint density at radius 2 is 0.814 bits per heavy atom. The molecule has 0 N–H and O–H groups in total. The van der Waals surface area contributed by atoms with Crippen LogP contribution < -0.4 is 0 Å². The third kappa shape index (κ3) is 6.57. The van der Waals surface area contributed by atoms with Gasteiger partial charge in [0, 0.05) is 33.0 Å². The van der Waals surface area contributed by atoms with Crippen LogP contribution in [0.1, 0.15) is 0 Å². The molecule has 0 spiro atoms. The molecule has 276 valence electrons. The van der Waals surface area contributed by atoms with Crippen LogP contribution >= 0.6 is 11.3 Å². The highest BCUT2D eigenvalue weighted by molar-refractivity contribution is 7.25. The normalized spacial score (nSPS) is 11.4. The van der Waals surface area contributed by atoms with Crippen LogP contribution in [-0.2, 0) is 0 Å². The average molecular weight is 774 g/mol. The molecule has 0 unspecified atom stereocenters. The first-order valence-electron chi connectivity index (χ1n) is 19.3. The summed E-state index contributed by atoms with van der Waals surface area (Å²) in [5.41, 5.74) is 12.9. The fraction of sp³-hybridized carbons (Fsp3) is 0. The van der Waals surface area contributed by atoms with Gasteiger partial charge in [-0.3, -0.25) is 0 Å². The number of hydrogen-bond acceptors (Lipinski definition) is 8. The Morgan fingerprint density at radius 3 is 1.49 bits per heavy atom. The number of pyridine rings is 1. The Balaban J connectivity index is 0.943. The number of nitrogens with zero attached hydrogens (tertiary/aromatic N) is 7. The molecule has 0 atom stereocenters. The van der Waals surface area contributed by atoms with Crippen molar-refractivity contribution in [1.29, 1.82) is 0 Å². The van der Waals surface area contributed by atoms with Crippen molar-refractivity contribution in [2.75, 3.05) is 0 Å². The molecule has 11 rings (SSSR count). The summed E-state index contributed by atoms with van der Waals surface area (Å²) in [7, 11) is 0. The van der Waals surface area contributed by atoms with Crippen molar-refractivity contribution in [3.63, 3.8) is 0 Å². The van der Waals surface area contributed by atoms with Crippen molar-refractivity contribution in [3.8, 4) is 78.8 Å². The van der Waals surface area contributed by atoms with Crippen LogP contribution in [0, 0.1) is 0 Å². The number of aromatic nitrogens is 7. The molecule has 0 saturated carbocycles. The minimum atomic E-state index is 0.612. The minimum Gasteiger partial charge on any atom is -0.237 e. The third-order valence-electron chi connectivity index (χ3n) is 10.6. The summed E-state index contributed by atoms with van der Waals surface area (Å²) in [6.07, 6.45) is 0. The minimum absolute atomic E-state index is 0.612. The molecule has 0 saturated heterocycles. The van der Waals surface area contributed by atoms with Gasteiger partial charge in [0.05, 0.1) is 10.2 Å². The van der Waals surface area contributed by atoms with Gasteiger partial charge in [0.25, 0.3) is 0 Å². The van der Waals surface area contributed by atoms with E-state index in [9.17, 15) is 0 Å². The Morgan fingerprint density at radius 1 is 0.339 bits per heavy atom. The van der Waals surface area contributed by atoms with Crippen LogP contribution in [0.2, 0.25) is 0 Å². The predicted molar refractivity (Wildman–Crippen MR) is 239 cm³/mol. The molecule has 11 aromatic rings. The topological polar surface area (TPSA) is 90.2 Å². The van der Waals surface area contributed by atoms with Gasteiger partial charge < -0.3 is 0 Å². The molecule has 0 aliphatic heterocycles. The number of hydrogen-bond donors (Lipinski definition) is 0. The second kappa shape index (κ2) is 14.6. The summed E-state index contributed by atoms with van der Waals surface area (Å²) in [6, 6.07) is 64.6. The Labute approximate surface area is 343 Å². The second-order valence-electron chi connectivity index (χ2n) is 14.3. The number of thiophene rings is 1. The van der Waals surface area contributed by atoms with Gasteiger partial charge in [-0.1, -0.05) is 158 Å². The van der Waals surface area contributed by atoms with Crippen molar-refractivity contribution >= 4 is 42.7 Å². The van der Waals surface area contributed by atoms with E-state index in [0.29, 0.717) is 17.5 Å². The molecule has 0 fully saturated rings. The molecule has 4 aromatic heterocycles. The SMILES string of the molecule is c1ccc(-c2ccc(-c3nc(-c4ccccc4)nc(-c4cccc(-c5cccc(-c6cccc(-c7nnnc8c7sc7nc9ccccc9cc78)c6)c5)c4)n3)cc2)cc1. The smallest absolute Gasteiger partial charge is 0.164 e. The second-order valence-corrected chi connectivity index (χ2v) is 15.3. The van der Waals surface area contributed by atoms with Crippen molar-refractivity contribution < 1.29 is 0 Å². The van der Waals surface area contributed by atoms with Gasteiger partial charge in [-0.2, -0.15) is 0 Å². The van der Waals surface area contributed by atoms with Crippen LogP contribution in [0.3, 0.4) is 0 Å². The molecule has 4 heterocycles. The van der Waals surface area contributed by atoms with Crippen LogP contribution in [0.4, 0.5) is 0 Å². The summed E-state index contributed by atoms with van der Waals surface area (Å²) in [6.45, 7) is 0. The largest absolute Gasteiger partial charge is 0.237 e. The van der Waals surface area contributed by atoms with Gasteiger partial charge in [-0.05, 0) is 68.9 Å². The molecular formula is C51H31N7S. The van der Waals surface area contributed by atoms with E-state index in [0.717, 1.165) is 92.7 Å². The van der Waals surface area contributed by atoms with Gasteiger partial charge in [0.15, 0.2) is 17.5 Å². The van der Waals surface area contributed by atoms with Crippen molar-refractivity contribution in [2.45, 2.75) is 0 Å². The lowest BCUT2D eigenvalue weighted by Gasteiger charge is -2.11. The van der Waals surface area contributed by atoms with Crippen molar-refractivity contribution in [3.05, 3.63) is 188 Å². The molecule has 0 aliphatic carbocycles. The van der Waals surface area contributed by atoms with E-state index in [1.54, 1.807) is 11.3 Å². The monoisotopic (exact) mass is 773 g/mol. The van der Waals surface area contributed by atoms with E-state index in [1.807, 2.05) is 54.6 Å². The van der Waals surface area contributed by atoms with Gasteiger partial charge in [0.1, 0.15) is 16.0 Å². The summed E-state index contributed by atoms with van der Waals surface area (Å²) >= 11 is 1.61. The van der Waals surface area contributed by atoms with E-state index in [2.05, 4.69) is 149 Å². The molecule has 59 heavy (non-hydrogen) atoms. The molecule has 8 heteroatoms. The van der Waals surface area contributed by atoms with E-state index < -0.39 is 0 Å². The van der Waals surface area contributed by atoms with Crippen LogP contribution in [0.5, 0.6) is 0 Å². The van der Waals surface area contributed by atoms with E-state index in [1.165, 1.54) is 0 Å². The zero-order valence-corrected chi connectivity index (χ0v) is 32.3. The maximum Gasteiger partial charge on any atom is 0.164 e. The Kier molecular flexibility index (Phi) is 8.52. The zero-order valence-electron chi connectivity index (χ0n) is 31.4. The standard InChI is InChI=1S/C51H31N7S/c1-3-12-32(13-4-1)33-24-26-35(27-25-33)49-53-48(34-14-5-2-6-15-34)54-50(55-49)42-22-11-20-39(30-42)37-18-9-17-36(28-37)38-19-10-21-41(29-38)45-47-46(57-58-56-45)43-31-40-16-7-8-23-44(40)52-51(43)59-47/h1-31H. The van der Waals surface area contributed by atoms with Gasteiger partial charge >= 0.3 is 0 Å². The lowest BCUT2D eigenvalue weighted by atomic mass is 9.96. The fourth-order valence-corrected chi connectivity index (χ4v) is 8.68. The summed E-state index contributed by atoms with van der Waals surface area (Å²) in [4.78, 5) is 20.9. The summed E-state index contributed by atoms with van der Waals surface area (Å²) in [5, 5.41) is 15.3. The average Bonchev–Trinajstić information content (AvgIpc) is 3.69. The van der Waals surface area contributed by atoms with Crippen molar-refractivity contribution in [1.82, 2.24) is 35.3 Å². The quantitative estimate of drug-likeness (QED) is 0.159. The van der Waals surface area contributed by atoms with Gasteiger partial charge in [-0.25, -0.2) is 19.9 Å². The molecule has 0 radical (unpaired) electrons. The fourth-order valence-electron chi connectivity index (χ4n) is 7.57. The van der Waals surface area contributed by atoms with E-state index >= 15 is 0 Å². The van der Waals surface area contributed by atoms with Crippen molar-refractivity contribution in [2.24, 2.45) is 0 Å². The predicted octanol–water partition coefficient (Wildman–Crippen LogP) is 12.6. The highest BCUT2D eigenvalue weighted by Gasteiger charge is 2.17. The molecular weight excluding hydrogens is 743 g/mol. The third-order valence-corrected chi connectivity index (χ3v) is 11.7. The molecule has 7 nitrogen and oxygen atoms in total. The number of fused-ring (bicyclic) bond motifs is 4. The zero-order chi connectivity index (χ0) is 39.1. The van der Waals surface area contributed by atoms with E-state index in [-0.39, 0.29) is 0 Å².